The van der Waals surface area contributed by atoms with Crippen molar-refractivity contribution in [3.8, 4) is 5.75 Å². The summed E-state index contributed by atoms with van der Waals surface area (Å²) in [7, 11) is 1.51. The lowest BCUT2D eigenvalue weighted by Gasteiger charge is -2.26. The number of anilines is 2. The molecule has 2 N–H and O–H groups in total. The lowest BCUT2D eigenvalue weighted by molar-refractivity contribution is -0.122. The number of aromatic nitrogens is 1. The predicted octanol–water partition coefficient (Wildman–Crippen LogP) is 3.96. The first-order chi connectivity index (χ1) is 17.9. The number of carbonyl (C=O) groups is 4. The minimum atomic E-state index is -0.836. The molecule has 0 spiro atoms. The molecular formula is C28H22N4O5. The molecule has 1 fully saturated rings. The molecule has 3 aromatic carbocycles. The molecule has 0 radical (unpaired) electrons. The molecule has 1 aliphatic rings. The highest BCUT2D eigenvalue weighted by molar-refractivity contribution is 6.39. The van der Waals surface area contributed by atoms with Crippen LogP contribution in [0.2, 0.25) is 0 Å². The van der Waals surface area contributed by atoms with E-state index in [4.69, 9.17) is 4.74 Å². The molecule has 0 bridgehead atoms. The van der Waals surface area contributed by atoms with Crippen LogP contribution in [0.3, 0.4) is 0 Å². The molecule has 9 heteroatoms. The van der Waals surface area contributed by atoms with Gasteiger partial charge in [0.05, 0.1) is 12.8 Å². The summed E-state index contributed by atoms with van der Waals surface area (Å²) < 4.78 is 6.88. The molecule has 37 heavy (non-hydrogen) atoms. The largest absolute Gasteiger partial charge is 0.497 e. The van der Waals surface area contributed by atoms with Gasteiger partial charge in [0, 0.05) is 28.4 Å². The minimum Gasteiger partial charge on any atom is -0.497 e. The number of nitrogens with zero attached hydrogens (tertiary/aromatic N) is 2. The van der Waals surface area contributed by atoms with Crippen molar-refractivity contribution in [1.82, 2.24) is 9.88 Å². The van der Waals surface area contributed by atoms with Crippen molar-refractivity contribution in [1.29, 1.82) is 0 Å². The molecule has 9 nitrogen and oxygen atoms in total. The Morgan fingerprint density at radius 2 is 1.65 bits per heavy atom. The summed E-state index contributed by atoms with van der Waals surface area (Å²) in [4.78, 5) is 52.1. The van der Waals surface area contributed by atoms with Gasteiger partial charge in [0.2, 0.25) is 5.91 Å². The van der Waals surface area contributed by atoms with Crippen LogP contribution in [0.25, 0.3) is 17.0 Å². The van der Waals surface area contributed by atoms with E-state index in [-0.39, 0.29) is 18.0 Å². The SMILES string of the molecule is COc1ccc(N2C(=O)NC(=O)/C(=C/c3cn(CC(=O)Nc4ccccc4)c4ccccc34)C2=O)cc1. The van der Waals surface area contributed by atoms with Crippen LogP contribution in [0.5, 0.6) is 5.75 Å². The fraction of sp³-hybridized carbons (Fsp3) is 0.0714. The van der Waals surface area contributed by atoms with E-state index in [2.05, 4.69) is 10.6 Å². The zero-order chi connectivity index (χ0) is 25.9. The number of ether oxygens (including phenoxy) is 1. The highest BCUT2D eigenvalue weighted by atomic mass is 16.5. The summed E-state index contributed by atoms with van der Waals surface area (Å²) in [6, 6.07) is 22.0. The Hall–Kier alpha value is -5.18. The Kier molecular flexibility index (Phi) is 6.25. The van der Waals surface area contributed by atoms with Crippen LogP contribution in [0.15, 0.2) is 90.6 Å². The van der Waals surface area contributed by atoms with Gasteiger partial charge in [0.15, 0.2) is 0 Å². The van der Waals surface area contributed by atoms with Crippen molar-refractivity contribution in [2.75, 3.05) is 17.3 Å². The number of fused-ring (bicyclic) bond motifs is 1. The number of carbonyl (C=O) groups excluding carboxylic acids is 4. The fourth-order valence-electron chi connectivity index (χ4n) is 4.18. The van der Waals surface area contributed by atoms with Gasteiger partial charge in [-0.2, -0.15) is 0 Å². The molecule has 184 valence electrons. The summed E-state index contributed by atoms with van der Waals surface area (Å²) in [5.41, 5.74) is 2.09. The Morgan fingerprint density at radius 1 is 0.946 bits per heavy atom. The summed E-state index contributed by atoms with van der Waals surface area (Å²) in [6.45, 7) is 0.0230. The minimum absolute atomic E-state index is 0.0230. The average Bonchev–Trinajstić information content (AvgIpc) is 3.24. The number of imide groups is 2. The van der Waals surface area contributed by atoms with Crippen LogP contribution in [0.1, 0.15) is 5.56 Å². The van der Waals surface area contributed by atoms with Gasteiger partial charge in [-0.25, -0.2) is 9.69 Å². The molecule has 5 rings (SSSR count). The fourth-order valence-corrected chi connectivity index (χ4v) is 4.18. The van der Waals surface area contributed by atoms with Gasteiger partial charge < -0.3 is 14.6 Å². The second-order valence-electron chi connectivity index (χ2n) is 8.30. The third kappa shape index (κ3) is 4.70. The smallest absolute Gasteiger partial charge is 0.335 e. The second-order valence-corrected chi connectivity index (χ2v) is 8.30. The van der Waals surface area contributed by atoms with Crippen LogP contribution < -0.4 is 20.3 Å². The van der Waals surface area contributed by atoms with Crippen molar-refractivity contribution in [3.05, 3.63) is 96.2 Å². The molecule has 1 aliphatic heterocycles. The Labute approximate surface area is 211 Å². The molecule has 4 aromatic rings. The number of amides is 5. The van der Waals surface area contributed by atoms with E-state index in [1.807, 2.05) is 42.5 Å². The first-order valence-corrected chi connectivity index (χ1v) is 11.4. The number of para-hydroxylation sites is 2. The molecule has 0 aliphatic carbocycles. The maximum absolute atomic E-state index is 13.3. The summed E-state index contributed by atoms with van der Waals surface area (Å²) in [5, 5.41) is 5.82. The number of nitrogens with one attached hydrogen (secondary N) is 2. The molecule has 2 heterocycles. The molecule has 1 saturated heterocycles. The van der Waals surface area contributed by atoms with E-state index in [0.29, 0.717) is 22.7 Å². The number of urea groups is 1. The van der Waals surface area contributed by atoms with Gasteiger partial charge in [-0.05, 0) is 48.5 Å². The summed E-state index contributed by atoms with van der Waals surface area (Å²) in [5.74, 6) is -1.21. The first kappa shape index (κ1) is 23.6. The van der Waals surface area contributed by atoms with Crippen LogP contribution in [-0.2, 0) is 20.9 Å². The Balaban J connectivity index is 1.48. The first-order valence-electron chi connectivity index (χ1n) is 11.4. The molecule has 0 saturated carbocycles. The molecule has 0 atom stereocenters. The van der Waals surface area contributed by atoms with E-state index in [0.717, 1.165) is 15.8 Å². The van der Waals surface area contributed by atoms with E-state index in [1.165, 1.54) is 13.2 Å². The number of benzene rings is 3. The predicted molar refractivity (Wildman–Crippen MR) is 139 cm³/mol. The normalized spacial score (nSPS) is 14.7. The van der Waals surface area contributed by atoms with Gasteiger partial charge in [-0.15, -0.1) is 0 Å². The van der Waals surface area contributed by atoms with E-state index in [9.17, 15) is 19.2 Å². The van der Waals surface area contributed by atoms with Gasteiger partial charge >= 0.3 is 6.03 Å². The van der Waals surface area contributed by atoms with Crippen LogP contribution in [-0.4, -0.2) is 35.4 Å². The van der Waals surface area contributed by atoms with E-state index in [1.54, 1.807) is 47.2 Å². The van der Waals surface area contributed by atoms with Crippen molar-refractivity contribution < 1.29 is 23.9 Å². The second kappa shape index (κ2) is 9.82. The average molecular weight is 495 g/mol. The van der Waals surface area contributed by atoms with Crippen LogP contribution >= 0.6 is 0 Å². The monoisotopic (exact) mass is 494 g/mol. The van der Waals surface area contributed by atoms with Crippen molar-refractivity contribution >= 4 is 52.1 Å². The number of hydrogen-bond acceptors (Lipinski definition) is 5. The molecular weight excluding hydrogens is 472 g/mol. The van der Waals surface area contributed by atoms with E-state index < -0.39 is 17.8 Å². The van der Waals surface area contributed by atoms with Crippen LogP contribution in [0.4, 0.5) is 16.2 Å². The number of methoxy groups -OCH3 is 1. The zero-order valence-electron chi connectivity index (χ0n) is 19.8. The molecule has 0 unspecified atom stereocenters. The van der Waals surface area contributed by atoms with Crippen LogP contribution in [0, 0.1) is 0 Å². The maximum Gasteiger partial charge on any atom is 0.335 e. The number of barbiturate groups is 1. The number of hydrogen-bond donors (Lipinski definition) is 2. The highest BCUT2D eigenvalue weighted by Gasteiger charge is 2.37. The summed E-state index contributed by atoms with van der Waals surface area (Å²) >= 11 is 0. The van der Waals surface area contributed by atoms with Gasteiger partial charge in [-0.3, -0.25) is 19.7 Å². The highest BCUT2D eigenvalue weighted by Crippen LogP contribution is 2.27. The van der Waals surface area contributed by atoms with Crippen molar-refractivity contribution in [2.45, 2.75) is 6.54 Å². The Morgan fingerprint density at radius 3 is 2.38 bits per heavy atom. The standard InChI is InChI=1S/C28H22N4O5/c1-37-21-13-11-20(12-14-21)32-27(35)23(26(34)30-28(32)36)15-18-16-31(24-10-6-5-9-22(18)24)17-25(33)29-19-7-3-2-4-8-19/h2-16H,17H2,1H3,(H,29,33)(H,30,34,36)/b23-15-. The lowest BCUT2D eigenvalue weighted by Crippen LogP contribution is -2.54. The molecule has 5 amide bonds. The van der Waals surface area contributed by atoms with Gasteiger partial charge in [0.25, 0.3) is 11.8 Å². The quantitative estimate of drug-likeness (QED) is 0.312. The van der Waals surface area contributed by atoms with Crippen molar-refractivity contribution in [3.63, 3.8) is 0 Å². The molecule has 1 aromatic heterocycles. The topological polar surface area (TPSA) is 110 Å². The lowest BCUT2D eigenvalue weighted by atomic mass is 10.1. The van der Waals surface area contributed by atoms with Crippen molar-refractivity contribution in [2.24, 2.45) is 0 Å². The number of rotatable bonds is 6. The van der Waals surface area contributed by atoms with Gasteiger partial charge in [0.1, 0.15) is 17.9 Å². The summed E-state index contributed by atoms with van der Waals surface area (Å²) in [6.07, 6.45) is 3.14. The van der Waals surface area contributed by atoms with E-state index >= 15 is 0 Å². The third-order valence-electron chi connectivity index (χ3n) is 5.92. The van der Waals surface area contributed by atoms with Gasteiger partial charge in [-0.1, -0.05) is 36.4 Å². The zero-order valence-corrected chi connectivity index (χ0v) is 19.8. The third-order valence-corrected chi connectivity index (χ3v) is 5.92. The maximum atomic E-state index is 13.3. The Bertz CT molecular complexity index is 1550.